The Kier molecular flexibility index (Phi) is 5.79. The van der Waals surface area contributed by atoms with Crippen LogP contribution in [0.15, 0.2) is 30.3 Å². The molecule has 0 atom stereocenters. The van der Waals surface area contributed by atoms with Crippen molar-refractivity contribution in [1.29, 1.82) is 0 Å². The summed E-state index contributed by atoms with van der Waals surface area (Å²) in [6, 6.07) is 7.05. The van der Waals surface area contributed by atoms with E-state index >= 15 is 0 Å². The van der Waals surface area contributed by atoms with E-state index in [1.807, 2.05) is 13.0 Å². The predicted molar refractivity (Wildman–Crippen MR) is 72.9 cm³/mol. The number of aliphatic carboxylic acids is 1. The van der Waals surface area contributed by atoms with Crippen LogP contribution in [0.2, 0.25) is 0 Å². The van der Waals surface area contributed by atoms with Crippen molar-refractivity contribution in [1.82, 2.24) is 0 Å². The van der Waals surface area contributed by atoms with Gasteiger partial charge in [0.1, 0.15) is 0 Å². The summed E-state index contributed by atoms with van der Waals surface area (Å²) < 4.78 is 4.68. The number of carboxylic acids is 1. The average Bonchev–Trinajstić information content (AvgIpc) is 2.42. The lowest BCUT2D eigenvalue weighted by molar-refractivity contribution is -0.136. The van der Waals surface area contributed by atoms with Crippen LogP contribution in [-0.4, -0.2) is 24.2 Å². The van der Waals surface area contributed by atoms with Gasteiger partial charge < -0.3 is 9.84 Å². The van der Waals surface area contributed by atoms with Gasteiger partial charge in [0.2, 0.25) is 0 Å². The molecule has 0 aromatic heterocycles. The standard InChI is InChI=1S/C15H18O4/c1-3-5-11(8-9-14(16)17)12-6-4-7-13(10-12)15(18)19-2/h4,6-8,10H,3,5,9H2,1-2H3,(H,16,17)/b11-8+. The van der Waals surface area contributed by atoms with Gasteiger partial charge in [0.15, 0.2) is 0 Å². The van der Waals surface area contributed by atoms with Crippen LogP contribution >= 0.6 is 0 Å². The van der Waals surface area contributed by atoms with E-state index in [9.17, 15) is 9.59 Å². The van der Waals surface area contributed by atoms with E-state index in [0.717, 1.165) is 24.0 Å². The summed E-state index contributed by atoms with van der Waals surface area (Å²) in [5.41, 5.74) is 2.28. The highest BCUT2D eigenvalue weighted by molar-refractivity contribution is 5.90. The molecular weight excluding hydrogens is 244 g/mol. The first-order chi connectivity index (χ1) is 9.08. The Balaban J connectivity index is 3.05. The van der Waals surface area contributed by atoms with Crippen molar-refractivity contribution in [3.63, 3.8) is 0 Å². The zero-order valence-electron chi connectivity index (χ0n) is 11.2. The number of carbonyl (C=O) groups is 2. The van der Waals surface area contributed by atoms with Gasteiger partial charge in [-0.15, -0.1) is 0 Å². The molecular formula is C15H18O4. The molecule has 0 aliphatic rings. The second-order valence-electron chi connectivity index (χ2n) is 4.15. The fourth-order valence-corrected chi connectivity index (χ4v) is 1.81. The Morgan fingerprint density at radius 1 is 1.32 bits per heavy atom. The number of allylic oxidation sites excluding steroid dienone is 1. The maximum atomic E-state index is 11.5. The molecule has 1 N–H and O–H groups in total. The fourth-order valence-electron chi connectivity index (χ4n) is 1.81. The number of methoxy groups -OCH3 is 1. The molecule has 0 aliphatic carbocycles. The molecule has 0 radical (unpaired) electrons. The van der Waals surface area contributed by atoms with Crippen LogP contribution in [-0.2, 0) is 9.53 Å². The number of esters is 1. The molecule has 1 rings (SSSR count). The number of hydrogen-bond donors (Lipinski definition) is 1. The molecule has 0 fully saturated rings. The first kappa shape index (κ1) is 15.0. The first-order valence-corrected chi connectivity index (χ1v) is 6.18. The van der Waals surface area contributed by atoms with Gasteiger partial charge in [-0.25, -0.2) is 4.79 Å². The van der Waals surface area contributed by atoms with Crippen molar-refractivity contribution in [3.8, 4) is 0 Å². The van der Waals surface area contributed by atoms with E-state index in [4.69, 9.17) is 5.11 Å². The Morgan fingerprint density at radius 2 is 2.00 bits per heavy atom. The molecule has 4 heteroatoms. The van der Waals surface area contributed by atoms with Crippen LogP contribution in [0.5, 0.6) is 0 Å². The minimum absolute atomic E-state index is 0.0161. The van der Waals surface area contributed by atoms with Crippen molar-refractivity contribution in [3.05, 3.63) is 41.5 Å². The van der Waals surface area contributed by atoms with E-state index in [2.05, 4.69) is 4.74 Å². The molecule has 1 aromatic carbocycles. The second-order valence-corrected chi connectivity index (χ2v) is 4.15. The van der Waals surface area contributed by atoms with Gasteiger partial charge in [-0.1, -0.05) is 31.6 Å². The summed E-state index contributed by atoms with van der Waals surface area (Å²) >= 11 is 0. The number of carbonyl (C=O) groups excluding carboxylic acids is 1. The van der Waals surface area contributed by atoms with Crippen LogP contribution in [0.1, 0.15) is 42.1 Å². The van der Waals surface area contributed by atoms with E-state index in [1.165, 1.54) is 7.11 Å². The lowest BCUT2D eigenvalue weighted by Gasteiger charge is -2.08. The topological polar surface area (TPSA) is 63.6 Å². The zero-order chi connectivity index (χ0) is 14.3. The molecule has 0 saturated carbocycles. The monoisotopic (exact) mass is 262 g/mol. The number of rotatable bonds is 6. The van der Waals surface area contributed by atoms with E-state index in [1.54, 1.807) is 24.3 Å². The zero-order valence-corrected chi connectivity index (χ0v) is 11.2. The van der Waals surface area contributed by atoms with Gasteiger partial charge in [-0.05, 0) is 29.7 Å². The average molecular weight is 262 g/mol. The largest absolute Gasteiger partial charge is 0.481 e. The maximum absolute atomic E-state index is 11.5. The Morgan fingerprint density at radius 3 is 2.58 bits per heavy atom. The lowest BCUT2D eigenvalue weighted by atomic mass is 9.98. The molecule has 0 amide bonds. The number of hydrogen-bond acceptors (Lipinski definition) is 3. The van der Waals surface area contributed by atoms with Crippen molar-refractivity contribution in [2.75, 3.05) is 7.11 Å². The molecule has 0 heterocycles. The summed E-state index contributed by atoms with van der Waals surface area (Å²) in [6.45, 7) is 2.03. The molecule has 102 valence electrons. The molecule has 0 aliphatic heterocycles. The van der Waals surface area contributed by atoms with Gasteiger partial charge in [-0.2, -0.15) is 0 Å². The SMILES string of the molecule is CCC/C(=C\CC(=O)O)c1cccc(C(=O)OC)c1. The highest BCUT2D eigenvalue weighted by Gasteiger charge is 2.08. The lowest BCUT2D eigenvalue weighted by Crippen LogP contribution is -2.01. The summed E-state index contributed by atoms with van der Waals surface area (Å²) in [5, 5.41) is 8.74. The molecule has 0 spiro atoms. The van der Waals surface area contributed by atoms with Gasteiger partial charge in [-0.3, -0.25) is 4.79 Å². The van der Waals surface area contributed by atoms with Crippen LogP contribution < -0.4 is 0 Å². The van der Waals surface area contributed by atoms with Crippen molar-refractivity contribution in [2.24, 2.45) is 0 Å². The smallest absolute Gasteiger partial charge is 0.337 e. The number of ether oxygens (including phenoxy) is 1. The normalized spacial score (nSPS) is 11.2. The minimum atomic E-state index is -0.863. The van der Waals surface area contributed by atoms with Crippen molar-refractivity contribution >= 4 is 17.5 Å². The van der Waals surface area contributed by atoms with E-state index in [-0.39, 0.29) is 6.42 Å². The van der Waals surface area contributed by atoms with Crippen LogP contribution in [0, 0.1) is 0 Å². The molecule has 19 heavy (non-hydrogen) atoms. The first-order valence-electron chi connectivity index (χ1n) is 6.18. The molecule has 4 nitrogen and oxygen atoms in total. The Hall–Kier alpha value is -2.10. The van der Waals surface area contributed by atoms with Crippen LogP contribution in [0.25, 0.3) is 5.57 Å². The van der Waals surface area contributed by atoms with Crippen molar-refractivity contribution in [2.45, 2.75) is 26.2 Å². The maximum Gasteiger partial charge on any atom is 0.337 e. The highest BCUT2D eigenvalue weighted by Crippen LogP contribution is 2.22. The van der Waals surface area contributed by atoms with Crippen LogP contribution in [0.3, 0.4) is 0 Å². The van der Waals surface area contributed by atoms with E-state index in [0.29, 0.717) is 5.56 Å². The number of carboxylic acid groups (broad SMARTS) is 1. The van der Waals surface area contributed by atoms with Crippen LogP contribution in [0.4, 0.5) is 0 Å². The van der Waals surface area contributed by atoms with Gasteiger partial charge in [0.05, 0.1) is 19.1 Å². The Bertz CT molecular complexity index is 489. The van der Waals surface area contributed by atoms with Gasteiger partial charge in [0.25, 0.3) is 0 Å². The van der Waals surface area contributed by atoms with E-state index < -0.39 is 11.9 Å². The third-order valence-electron chi connectivity index (χ3n) is 2.70. The Labute approximate surface area is 112 Å². The fraction of sp³-hybridized carbons (Fsp3) is 0.333. The summed E-state index contributed by atoms with van der Waals surface area (Å²) in [7, 11) is 1.34. The summed E-state index contributed by atoms with van der Waals surface area (Å²) in [4.78, 5) is 22.1. The second kappa shape index (κ2) is 7.36. The minimum Gasteiger partial charge on any atom is -0.481 e. The quantitative estimate of drug-likeness (QED) is 0.800. The van der Waals surface area contributed by atoms with Gasteiger partial charge >= 0.3 is 11.9 Å². The third kappa shape index (κ3) is 4.58. The summed E-state index contributed by atoms with van der Waals surface area (Å²) in [6.07, 6.45) is 3.37. The third-order valence-corrected chi connectivity index (χ3v) is 2.70. The van der Waals surface area contributed by atoms with Crippen molar-refractivity contribution < 1.29 is 19.4 Å². The predicted octanol–water partition coefficient (Wildman–Crippen LogP) is 3.13. The molecule has 0 unspecified atom stereocenters. The summed E-state index contributed by atoms with van der Waals surface area (Å²) in [5.74, 6) is -1.26. The highest BCUT2D eigenvalue weighted by atomic mass is 16.5. The van der Waals surface area contributed by atoms with Gasteiger partial charge in [0, 0.05) is 0 Å². The molecule has 1 aromatic rings. The molecule has 0 saturated heterocycles. The number of benzene rings is 1. The molecule has 0 bridgehead atoms.